The van der Waals surface area contributed by atoms with Gasteiger partial charge in [0.2, 0.25) is 0 Å². The van der Waals surface area contributed by atoms with E-state index in [0.29, 0.717) is 4.87 Å². The van der Waals surface area contributed by atoms with Crippen molar-refractivity contribution in [2.24, 2.45) is 5.92 Å². The fourth-order valence-electron chi connectivity index (χ4n) is 2.65. The van der Waals surface area contributed by atoms with Crippen molar-refractivity contribution in [2.75, 3.05) is 5.75 Å². The Kier molecular flexibility index (Phi) is 2.89. The van der Waals surface area contributed by atoms with E-state index in [4.69, 9.17) is 0 Å². The second-order valence-electron chi connectivity index (χ2n) is 4.57. The van der Waals surface area contributed by atoms with Gasteiger partial charge in [0.05, 0.1) is 4.87 Å². The quantitative estimate of drug-likeness (QED) is 0.733. The van der Waals surface area contributed by atoms with Crippen LogP contribution in [-0.2, 0) is 0 Å². The third kappa shape index (κ3) is 1.89. The largest absolute Gasteiger partial charge is 0.299 e. The van der Waals surface area contributed by atoms with Crippen LogP contribution in [0.15, 0.2) is 0 Å². The molecule has 0 aromatic heterocycles. The molecule has 2 heteroatoms. The Labute approximate surface area is 86.0 Å². The van der Waals surface area contributed by atoms with Gasteiger partial charge in [-0.25, -0.2) is 0 Å². The highest BCUT2D eigenvalue weighted by Crippen LogP contribution is 2.47. The maximum Gasteiger partial charge on any atom is 0.0650 e. The Morgan fingerprint density at radius 2 is 2.23 bits per heavy atom. The monoisotopic (exact) mass is 199 g/mol. The van der Waals surface area contributed by atoms with E-state index in [1.54, 1.807) is 0 Å². The lowest BCUT2D eigenvalue weighted by Gasteiger charge is -2.24. The normalized spacial score (nSPS) is 44.8. The van der Waals surface area contributed by atoms with Crippen molar-refractivity contribution in [3.63, 3.8) is 0 Å². The van der Waals surface area contributed by atoms with E-state index >= 15 is 0 Å². The molecule has 0 amide bonds. The van der Waals surface area contributed by atoms with Gasteiger partial charge in [0.25, 0.3) is 0 Å². The first-order valence-electron chi connectivity index (χ1n) is 5.69. The molecule has 0 aromatic carbocycles. The van der Waals surface area contributed by atoms with Crippen molar-refractivity contribution in [3.8, 4) is 0 Å². The second-order valence-corrected chi connectivity index (χ2v) is 5.98. The molecule has 1 heterocycles. The summed E-state index contributed by atoms with van der Waals surface area (Å²) < 4.78 is 0. The van der Waals surface area contributed by atoms with Gasteiger partial charge in [0.1, 0.15) is 0 Å². The van der Waals surface area contributed by atoms with Gasteiger partial charge in [-0.2, -0.15) is 0 Å². The third-order valence-electron chi connectivity index (χ3n) is 3.67. The third-order valence-corrected chi connectivity index (χ3v) is 5.28. The van der Waals surface area contributed by atoms with Crippen LogP contribution < -0.4 is 5.32 Å². The van der Waals surface area contributed by atoms with Crippen molar-refractivity contribution >= 4 is 11.8 Å². The Balaban J connectivity index is 1.93. The van der Waals surface area contributed by atoms with Crippen LogP contribution in [0.3, 0.4) is 0 Å². The van der Waals surface area contributed by atoms with Gasteiger partial charge < -0.3 is 0 Å². The van der Waals surface area contributed by atoms with E-state index in [-0.39, 0.29) is 0 Å². The molecule has 1 N–H and O–H groups in total. The molecule has 1 aliphatic carbocycles. The Bertz CT molecular complexity index is 161. The van der Waals surface area contributed by atoms with E-state index in [1.807, 2.05) is 0 Å². The average molecular weight is 199 g/mol. The predicted molar refractivity (Wildman–Crippen MR) is 60.0 cm³/mol. The summed E-state index contributed by atoms with van der Waals surface area (Å²) in [5, 5.41) is 3.84. The molecule has 76 valence electrons. The highest BCUT2D eigenvalue weighted by Gasteiger charge is 2.43. The smallest absolute Gasteiger partial charge is 0.0650 e. The molecule has 2 fully saturated rings. The SMILES string of the molecule is CCC1CCC2(C1)NC(CC)CS2. The topological polar surface area (TPSA) is 12.0 Å². The number of hydrogen-bond donors (Lipinski definition) is 1. The van der Waals surface area contributed by atoms with Crippen LogP contribution in [0.1, 0.15) is 46.0 Å². The second kappa shape index (κ2) is 3.82. The fourth-order valence-corrected chi connectivity index (χ4v) is 4.36. The highest BCUT2D eigenvalue weighted by molar-refractivity contribution is 8.00. The van der Waals surface area contributed by atoms with E-state index < -0.39 is 0 Å². The van der Waals surface area contributed by atoms with Crippen LogP contribution in [-0.4, -0.2) is 16.7 Å². The van der Waals surface area contributed by atoms with Gasteiger partial charge in [-0.3, -0.25) is 5.32 Å². The van der Waals surface area contributed by atoms with Crippen LogP contribution in [0.5, 0.6) is 0 Å². The van der Waals surface area contributed by atoms with Crippen LogP contribution in [0.4, 0.5) is 0 Å². The molecule has 0 aromatic rings. The lowest BCUT2D eigenvalue weighted by atomic mass is 10.1. The summed E-state index contributed by atoms with van der Waals surface area (Å²) in [5.74, 6) is 2.34. The van der Waals surface area contributed by atoms with Crippen molar-refractivity contribution in [3.05, 3.63) is 0 Å². The lowest BCUT2D eigenvalue weighted by Crippen LogP contribution is -2.39. The highest BCUT2D eigenvalue weighted by atomic mass is 32.2. The van der Waals surface area contributed by atoms with E-state index in [0.717, 1.165) is 12.0 Å². The summed E-state index contributed by atoms with van der Waals surface area (Å²) in [6.45, 7) is 4.63. The molecule has 2 rings (SSSR count). The molecule has 3 atom stereocenters. The Morgan fingerprint density at radius 3 is 2.77 bits per heavy atom. The average Bonchev–Trinajstić information content (AvgIpc) is 2.74. The summed E-state index contributed by atoms with van der Waals surface area (Å²) in [6.07, 6.45) is 6.95. The maximum absolute atomic E-state index is 3.84. The number of rotatable bonds is 2. The zero-order chi connectivity index (χ0) is 9.31. The molecule has 1 spiro atoms. The summed E-state index contributed by atoms with van der Waals surface area (Å²) >= 11 is 2.19. The van der Waals surface area contributed by atoms with Crippen LogP contribution in [0.25, 0.3) is 0 Å². The van der Waals surface area contributed by atoms with E-state index in [9.17, 15) is 0 Å². The summed E-state index contributed by atoms with van der Waals surface area (Å²) in [7, 11) is 0. The number of thioether (sulfide) groups is 1. The molecule has 0 radical (unpaired) electrons. The van der Waals surface area contributed by atoms with Gasteiger partial charge in [0.15, 0.2) is 0 Å². The van der Waals surface area contributed by atoms with Crippen molar-refractivity contribution in [2.45, 2.75) is 56.9 Å². The molecule has 13 heavy (non-hydrogen) atoms. The minimum atomic E-state index is 0.501. The van der Waals surface area contributed by atoms with Crippen LogP contribution >= 0.6 is 11.8 Å². The van der Waals surface area contributed by atoms with Crippen LogP contribution in [0.2, 0.25) is 0 Å². The molecule has 1 saturated carbocycles. The van der Waals surface area contributed by atoms with Gasteiger partial charge >= 0.3 is 0 Å². The molecule has 3 unspecified atom stereocenters. The van der Waals surface area contributed by atoms with Gasteiger partial charge in [-0.1, -0.05) is 20.3 Å². The van der Waals surface area contributed by atoms with Crippen LogP contribution in [0, 0.1) is 5.92 Å². The maximum atomic E-state index is 3.84. The summed E-state index contributed by atoms with van der Waals surface area (Å²) in [6, 6.07) is 0.792. The van der Waals surface area contributed by atoms with Gasteiger partial charge in [-0.05, 0) is 31.6 Å². The number of hydrogen-bond acceptors (Lipinski definition) is 2. The first-order valence-corrected chi connectivity index (χ1v) is 6.68. The standard InChI is InChI=1S/C11H21NS/c1-3-9-5-6-11(7-9)12-10(4-2)8-13-11/h9-10,12H,3-8H2,1-2H3. The van der Waals surface area contributed by atoms with Crippen molar-refractivity contribution < 1.29 is 0 Å². The van der Waals surface area contributed by atoms with E-state index in [1.165, 1.54) is 37.9 Å². The minimum Gasteiger partial charge on any atom is -0.299 e. The molecular weight excluding hydrogens is 178 g/mol. The van der Waals surface area contributed by atoms with Crippen molar-refractivity contribution in [1.82, 2.24) is 5.32 Å². The van der Waals surface area contributed by atoms with Crippen molar-refractivity contribution in [1.29, 1.82) is 0 Å². The summed E-state index contributed by atoms with van der Waals surface area (Å²) in [5.41, 5.74) is 0. The molecule has 0 bridgehead atoms. The molecule has 1 nitrogen and oxygen atoms in total. The summed E-state index contributed by atoms with van der Waals surface area (Å²) in [4.78, 5) is 0.501. The molecule has 1 saturated heterocycles. The zero-order valence-corrected chi connectivity index (χ0v) is 9.62. The lowest BCUT2D eigenvalue weighted by molar-refractivity contribution is 0.418. The Hall–Kier alpha value is 0.310. The number of nitrogens with one attached hydrogen (secondary N) is 1. The minimum absolute atomic E-state index is 0.501. The predicted octanol–water partition coefficient (Wildman–Crippen LogP) is 3.01. The molecular formula is C11H21NS. The van der Waals surface area contributed by atoms with Gasteiger partial charge in [0, 0.05) is 11.8 Å². The first kappa shape index (κ1) is 9.85. The van der Waals surface area contributed by atoms with Gasteiger partial charge in [-0.15, -0.1) is 11.8 Å². The molecule has 2 aliphatic rings. The van der Waals surface area contributed by atoms with E-state index in [2.05, 4.69) is 30.9 Å². The Morgan fingerprint density at radius 1 is 1.38 bits per heavy atom. The zero-order valence-electron chi connectivity index (χ0n) is 8.81. The first-order chi connectivity index (χ1) is 6.28. The molecule has 1 aliphatic heterocycles. The fraction of sp³-hybridized carbons (Fsp3) is 1.00.